The Morgan fingerprint density at radius 3 is 2.67 bits per heavy atom. The molecule has 0 spiro atoms. The average molecular weight is 323 g/mol. The first-order valence-electron chi connectivity index (χ1n) is 7.44. The quantitative estimate of drug-likeness (QED) is 0.722. The maximum absolute atomic E-state index is 12.4. The number of benzene rings is 1. The molecule has 3 aromatic rings. The highest BCUT2D eigenvalue weighted by Gasteiger charge is 2.15. The van der Waals surface area contributed by atoms with E-state index in [1.54, 1.807) is 32.5 Å². The summed E-state index contributed by atoms with van der Waals surface area (Å²) >= 11 is 0. The number of carbonyl (C=O) groups is 1. The zero-order valence-corrected chi connectivity index (χ0v) is 13.5. The molecular formula is C18H17N3O3. The Morgan fingerprint density at radius 2 is 2.00 bits per heavy atom. The molecule has 24 heavy (non-hydrogen) atoms. The molecule has 0 unspecified atom stereocenters. The van der Waals surface area contributed by atoms with Gasteiger partial charge < -0.3 is 14.1 Å². The highest BCUT2D eigenvalue weighted by atomic mass is 16.5. The summed E-state index contributed by atoms with van der Waals surface area (Å²) in [5.41, 5.74) is 2.16. The Kier molecular flexibility index (Phi) is 4.56. The lowest BCUT2D eigenvalue weighted by atomic mass is 10.2. The molecule has 0 saturated heterocycles. The van der Waals surface area contributed by atoms with Crippen molar-refractivity contribution >= 4 is 11.6 Å². The number of anilines is 1. The van der Waals surface area contributed by atoms with Crippen LogP contribution in [0, 0.1) is 0 Å². The van der Waals surface area contributed by atoms with Gasteiger partial charge in [0.2, 0.25) is 17.7 Å². The molecule has 3 rings (SSSR count). The molecule has 0 radical (unpaired) electrons. The second kappa shape index (κ2) is 6.95. The summed E-state index contributed by atoms with van der Waals surface area (Å²) in [6, 6.07) is 13.1. The molecule has 0 aliphatic carbocycles. The smallest absolute Gasteiger partial charge is 0.232 e. The Labute approximate surface area is 139 Å². The highest BCUT2D eigenvalue weighted by Crippen LogP contribution is 2.19. The van der Waals surface area contributed by atoms with E-state index in [-0.39, 0.29) is 12.3 Å². The molecule has 0 aliphatic heterocycles. The van der Waals surface area contributed by atoms with Crippen molar-refractivity contribution in [2.45, 2.75) is 6.42 Å². The van der Waals surface area contributed by atoms with Crippen LogP contribution in [0.2, 0.25) is 0 Å². The molecule has 6 heteroatoms. The van der Waals surface area contributed by atoms with Crippen LogP contribution < -0.4 is 9.64 Å². The van der Waals surface area contributed by atoms with Crippen LogP contribution in [-0.4, -0.2) is 30.0 Å². The van der Waals surface area contributed by atoms with E-state index < -0.39 is 0 Å². The van der Waals surface area contributed by atoms with Crippen molar-refractivity contribution in [2.75, 3.05) is 19.1 Å². The number of hydrogen-bond donors (Lipinski definition) is 0. The van der Waals surface area contributed by atoms with Gasteiger partial charge in [-0.05, 0) is 18.2 Å². The summed E-state index contributed by atoms with van der Waals surface area (Å²) in [5.74, 6) is 0.908. The van der Waals surface area contributed by atoms with Crippen LogP contribution in [-0.2, 0) is 11.2 Å². The second-order valence-electron chi connectivity index (χ2n) is 5.20. The van der Waals surface area contributed by atoms with Gasteiger partial charge in [-0.2, -0.15) is 0 Å². The van der Waals surface area contributed by atoms with E-state index in [0.29, 0.717) is 23.2 Å². The summed E-state index contributed by atoms with van der Waals surface area (Å²) in [4.78, 5) is 22.4. The lowest BCUT2D eigenvalue weighted by Gasteiger charge is -2.16. The lowest BCUT2D eigenvalue weighted by Crippen LogP contribution is -2.28. The fourth-order valence-corrected chi connectivity index (χ4v) is 2.21. The van der Waals surface area contributed by atoms with Gasteiger partial charge in [-0.25, -0.2) is 9.97 Å². The summed E-state index contributed by atoms with van der Waals surface area (Å²) in [7, 11) is 3.25. The predicted octanol–water partition coefficient (Wildman–Crippen LogP) is 2.95. The number of ether oxygens (including phenoxy) is 1. The number of carbonyl (C=O) groups excluding carboxylic acids is 1. The molecular weight excluding hydrogens is 306 g/mol. The molecule has 2 heterocycles. The normalized spacial score (nSPS) is 10.4. The average Bonchev–Trinajstić information content (AvgIpc) is 3.10. The van der Waals surface area contributed by atoms with Crippen LogP contribution >= 0.6 is 0 Å². The zero-order chi connectivity index (χ0) is 16.9. The van der Waals surface area contributed by atoms with Crippen molar-refractivity contribution in [2.24, 2.45) is 0 Å². The summed E-state index contributed by atoms with van der Waals surface area (Å²) < 4.78 is 10.5. The predicted molar refractivity (Wildman–Crippen MR) is 89.8 cm³/mol. The monoisotopic (exact) mass is 323 g/mol. The summed E-state index contributed by atoms with van der Waals surface area (Å²) in [5, 5.41) is 0. The lowest BCUT2D eigenvalue weighted by molar-refractivity contribution is -0.117. The number of aromatic nitrogens is 2. The SMILES string of the molecule is COc1ccc(N(C)C(=O)Cc2coc(-c3ccccc3)n2)cn1. The highest BCUT2D eigenvalue weighted by molar-refractivity contribution is 5.93. The molecule has 0 saturated carbocycles. The molecule has 0 N–H and O–H groups in total. The molecule has 2 aromatic heterocycles. The number of hydrogen-bond acceptors (Lipinski definition) is 5. The van der Waals surface area contributed by atoms with E-state index in [9.17, 15) is 4.79 Å². The minimum absolute atomic E-state index is 0.102. The van der Waals surface area contributed by atoms with Gasteiger partial charge in [-0.15, -0.1) is 0 Å². The fourth-order valence-electron chi connectivity index (χ4n) is 2.21. The van der Waals surface area contributed by atoms with Crippen LogP contribution in [0.25, 0.3) is 11.5 Å². The van der Waals surface area contributed by atoms with E-state index in [2.05, 4.69) is 9.97 Å². The Bertz CT molecular complexity index is 813. The van der Waals surface area contributed by atoms with Crippen molar-refractivity contribution in [1.29, 1.82) is 0 Å². The Hall–Kier alpha value is -3.15. The zero-order valence-electron chi connectivity index (χ0n) is 13.5. The van der Waals surface area contributed by atoms with Gasteiger partial charge in [0, 0.05) is 18.7 Å². The van der Waals surface area contributed by atoms with Gasteiger partial charge in [-0.1, -0.05) is 18.2 Å². The molecule has 0 fully saturated rings. The Morgan fingerprint density at radius 1 is 1.21 bits per heavy atom. The van der Waals surface area contributed by atoms with E-state index in [4.69, 9.17) is 9.15 Å². The van der Waals surface area contributed by atoms with Crippen LogP contribution in [0.5, 0.6) is 5.88 Å². The number of amides is 1. The minimum Gasteiger partial charge on any atom is -0.481 e. The van der Waals surface area contributed by atoms with Crippen LogP contribution in [0.4, 0.5) is 5.69 Å². The first-order valence-corrected chi connectivity index (χ1v) is 7.44. The van der Waals surface area contributed by atoms with Gasteiger partial charge in [0.25, 0.3) is 0 Å². The van der Waals surface area contributed by atoms with Gasteiger partial charge in [0.15, 0.2) is 0 Å². The molecule has 0 atom stereocenters. The molecule has 0 bridgehead atoms. The number of methoxy groups -OCH3 is 1. The number of nitrogens with zero attached hydrogens (tertiary/aromatic N) is 3. The molecule has 0 aliphatic rings. The van der Waals surface area contributed by atoms with Gasteiger partial charge in [0.05, 0.1) is 31.1 Å². The molecule has 1 amide bonds. The molecule has 1 aromatic carbocycles. The van der Waals surface area contributed by atoms with Gasteiger partial charge >= 0.3 is 0 Å². The van der Waals surface area contributed by atoms with Crippen LogP contribution in [0.3, 0.4) is 0 Å². The van der Waals surface area contributed by atoms with E-state index >= 15 is 0 Å². The standard InChI is InChI=1S/C18H17N3O3/c1-21(15-8-9-16(23-2)19-11-15)17(22)10-14-12-24-18(20-14)13-6-4-3-5-7-13/h3-9,11-12H,10H2,1-2H3. The largest absolute Gasteiger partial charge is 0.481 e. The number of oxazole rings is 1. The summed E-state index contributed by atoms with van der Waals surface area (Å²) in [6.07, 6.45) is 3.26. The molecule has 122 valence electrons. The van der Waals surface area contributed by atoms with E-state index in [1.165, 1.54) is 11.2 Å². The number of pyridine rings is 1. The van der Waals surface area contributed by atoms with Crippen molar-refractivity contribution in [3.8, 4) is 17.3 Å². The first-order chi connectivity index (χ1) is 11.7. The minimum atomic E-state index is -0.102. The van der Waals surface area contributed by atoms with Crippen molar-refractivity contribution in [1.82, 2.24) is 9.97 Å². The van der Waals surface area contributed by atoms with Crippen molar-refractivity contribution in [3.63, 3.8) is 0 Å². The Balaban J connectivity index is 1.69. The third-order valence-electron chi connectivity index (χ3n) is 3.60. The number of likely N-dealkylation sites (N-methyl/N-ethyl adjacent to an activating group) is 1. The number of rotatable bonds is 5. The second-order valence-corrected chi connectivity index (χ2v) is 5.20. The van der Waals surface area contributed by atoms with E-state index in [1.807, 2.05) is 30.3 Å². The first kappa shape index (κ1) is 15.7. The summed E-state index contributed by atoms with van der Waals surface area (Å²) in [6.45, 7) is 0. The van der Waals surface area contributed by atoms with E-state index in [0.717, 1.165) is 5.56 Å². The fraction of sp³-hybridized carbons (Fsp3) is 0.167. The third-order valence-corrected chi connectivity index (χ3v) is 3.60. The van der Waals surface area contributed by atoms with Gasteiger partial charge in [0.1, 0.15) is 6.26 Å². The van der Waals surface area contributed by atoms with Crippen molar-refractivity contribution < 1.29 is 13.9 Å². The topological polar surface area (TPSA) is 68.5 Å². The van der Waals surface area contributed by atoms with Crippen LogP contribution in [0.1, 0.15) is 5.69 Å². The maximum atomic E-state index is 12.4. The van der Waals surface area contributed by atoms with Crippen LogP contribution in [0.15, 0.2) is 59.3 Å². The maximum Gasteiger partial charge on any atom is 0.232 e. The van der Waals surface area contributed by atoms with Crippen molar-refractivity contribution in [3.05, 3.63) is 60.6 Å². The molecule has 6 nitrogen and oxygen atoms in total. The van der Waals surface area contributed by atoms with Gasteiger partial charge in [-0.3, -0.25) is 4.79 Å². The third kappa shape index (κ3) is 3.43.